The topological polar surface area (TPSA) is 81.1 Å². The van der Waals surface area contributed by atoms with Gasteiger partial charge in [-0.1, -0.05) is 6.92 Å². The Hall–Kier alpha value is -2.80. The van der Waals surface area contributed by atoms with E-state index in [4.69, 9.17) is 0 Å². The van der Waals surface area contributed by atoms with E-state index in [0.717, 1.165) is 11.3 Å². The maximum atomic E-state index is 12.5. The second kappa shape index (κ2) is 6.98. The molecule has 0 bridgehead atoms. The largest absolute Gasteiger partial charge is 0.325 e. The third kappa shape index (κ3) is 3.66. The molecular formula is C18H17N3O3S. The standard InChI is InChI=1S/C18H17N3O3S/c1-3-14-8-15-17(25-14)19-10-21(18(15)24)9-16(23)20-13-6-4-12(5-7-13)11(2)22/h4-8,10H,3,9H2,1-2H3,(H,20,23). The van der Waals surface area contributed by atoms with Crippen molar-refractivity contribution in [3.8, 4) is 0 Å². The van der Waals surface area contributed by atoms with Crippen molar-refractivity contribution in [2.45, 2.75) is 26.8 Å². The van der Waals surface area contributed by atoms with Gasteiger partial charge in [0.2, 0.25) is 5.91 Å². The van der Waals surface area contributed by atoms with Crippen LogP contribution in [0.5, 0.6) is 0 Å². The number of amides is 1. The predicted molar refractivity (Wildman–Crippen MR) is 98.3 cm³/mol. The number of thiophene rings is 1. The van der Waals surface area contributed by atoms with Gasteiger partial charge in [-0.2, -0.15) is 0 Å². The Balaban J connectivity index is 1.76. The van der Waals surface area contributed by atoms with Gasteiger partial charge in [0.25, 0.3) is 5.56 Å². The third-order valence-electron chi connectivity index (χ3n) is 3.81. The zero-order valence-corrected chi connectivity index (χ0v) is 14.7. The van der Waals surface area contributed by atoms with Crippen LogP contribution in [0, 0.1) is 0 Å². The van der Waals surface area contributed by atoms with Gasteiger partial charge in [0, 0.05) is 16.1 Å². The fraction of sp³-hybridized carbons (Fsp3) is 0.222. The van der Waals surface area contributed by atoms with E-state index in [1.54, 1.807) is 24.3 Å². The average Bonchev–Trinajstić information content (AvgIpc) is 3.02. The molecule has 0 aliphatic heterocycles. The minimum Gasteiger partial charge on any atom is -0.325 e. The predicted octanol–water partition coefficient (Wildman–Crippen LogP) is 2.86. The van der Waals surface area contributed by atoms with E-state index < -0.39 is 0 Å². The quantitative estimate of drug-likeness (QED) is 0.714. The van der Waals surface area contributed by atoms with Gasteiger partial charge in [-0.25, -0.2) is 4.98 Å². The Morgan fingerprint density at radius 3 is 2.60 bits per heavy atom. The molecule has 2 aromatic heterocycles. The Morgan fingerprint density at radius 1 is 1.24 bits per heavy atom. The summed E-state index contributed by atoms with van der Waals surface area (Å²) in [6.07, 6.45) is 2.25. The second-order valence-electron chi connectivity index (χ2n) is 5.64. The average molecular weight is 355 g/mol. The number of hydrogen-bond donors (Lipinski definition) is 1. The van der Waals surface area contributed by atoms with Crippen molar-refractivity contribution in [3.63, 3.8) is 0 Å². The van der Waals surface area contributed by atoms with Gasteiger partial charge >= 0.3 is 0 Å². The second-order valence-corrected chi connectivity index (χ2v) is 6.76. The van der Waals surface area contributed by atoms with E-state index in [0.29, 0.717) is 21.5 Å². The van der Waals surface area contributed by atoms with Crippen molar-refractivity contribution in [2.75, 3.05) is 5.32 Å². The lowest BCUT2D eigenvalue weighted by Gasteiger charge is -2.07. The van der Waals surface area contributed by atoms with Crippen LogP contribution in [0.15, 0.2) is 41.5 Å². The smallest absolute Gasteiger partial charge is 0.262 e. The van der Waals surface area contributed by atoms with E-state index in [1.807, 2.05) is 13.0 Å². The number of aromatic nitrogens is 2. The van der Waals surface area contributed by atoms with E-state index in [2.05, 4.69) is 10.3 Å². The van der Waals surface area contributed by atoms with Crippen LogP contribution in [0.25, 0.3) is 10.2 Å². The molecule has 3 aromatic rings. The SMILES string of the molecule is CCc1cc2c(=O)n(CC(=O)Nc3ccc(C(C)=O)cc3)cnc2s1. The fourth-order valence-electron chi connectivity index (χ4n) is 2.44. The van der Waals surface area contributed by atoms with E-state index in [1.165, 1.54) is 29.2 Å². The lowest BCUT2D eigenvalue weighted by molar-refractivity contribution is -0.116. The van der Waals surface area contributed by atoms with Gasteiger partial charge in [-0.05, 0) is 43.7 Å². The normalized spacial score (nSPS) is 10.8. The number of Topliss-reactive ketones (excluding diaryl/α,β-unsaturated/α-hetero) is 1. The highest BCUT2D eigenvalue weighted by molar-refractivity contribution is 7.18. The van der Waals surface area contributed by atoms with Crippen LogP contribution in [0.3, 0.4) is 0 Å². The number of carbonyl (C=O) groups excluding carboxylic acids is 2. The number of fused-ring (bicyclic) bond motifs is 1. The van der Waals surface area contributed by atoms with Crippen molar-refractivity contribution in [1.29, 1.82) is 0 Å². The number of rotatable bonds is 5. The minimum atomic E-state index is -0.329. The van der Waals surface area contributed by atoms with Crippen LogP contribution in [-0.4, -0.2) is 21.2 Å². The van der Waals surface area contributed by atoms with Crippen molar-refractivity contribution in [3.05, 3.63) is 57.5 Å². The van der Waals surface area contributed by atoms with Gasteiger partial charge in [0.1, 0.15) is 11.4 Å². The molecule has 0 unspecified atom stereocenters. The molecule has 0 spiro atoms. The summed E-state index contributed by atoms with van der Waals surface area (Å²) in [6, 6.07) is 8.45. The molecule has 0 atom stereocenters. The van der Waals surface area contributed by atoms with Crippen molar-refractivity contribution in [2.24, 2.45) is 0 Å². The summed E-state index contributed by atoms with van der Waals surface area (Å²) < 4.78 is 1.30. The molecule has 0 radical (unpaired) electrons. The van der Waals surface area contributed by atoms with Gasteiger partial charge < -0.3 is 5.32 Å². The first kappa shape index (κ1) is 17.0. The summed E-state index contributed by atoms with van der Waals surface area (Å²) in [4.78, 5) is 42.0. The first-order valence-electron chi connectivity index (χ1n) is 7.86. The molecule has 0 aliphatic rings. The van der Waals surface area contributed by atoms with E-state index in [9.17, 15) is 14.4 Å². The molecule has 7 heteroatoms. The summed E-state index contributed by atoms with van der Waals surface area (Å²) in [6.45, 7) is 3.39. The van der Waals surface area contributed by atoms with Crippen LogP contribution < -0.4 is 10.9 Å². The molecule has 128 valence electrons. The molecule has 0 fully saturated rings. The van der Waals surface area contributed by atoms with Crippen LogP contribution in [-0.2, 0) is 17.8 Å². The van der Waals surface area contributed by atoms with Gasteiger partial charge in [0.15, 0.2) is 5.78 Å². The first-order chi connectivity index (χ1) is 12.0. The Morgan fingerprint density at radius 2 is 1.96 bits per heavy atom. The zero-order chi connectivity index (χ0) is 18.0. The molecule has 0 saturated carbocycles. The number of nitrogens with one attached hydrogen (secondary N) is 1. The number of hydrogen-bond acceptors (Lipinski definition) is 5. The summed E-state index contributed by atoms with van der Waals surface area (Å²) in [5, 5.41) is 3.26. The summed E-state index contributed by atoms with van der Waals surface area (Å²) in [5.41, 5.74) is 0.928. The van der Waals surface area contributed by atoms with Crippen molar-refractivity contribution in [1.82, 2.24) is 9.55 Å². The van der Waals surface area contributed by atoms with Crippen molar-refractivity contribution >= 4 is 38.9 Å². The van der Waals surface area contributed by atoms with E-state index in [-0.39, 0.29) is 23.8 Å². The number of aryl methyl sites for hydroxylation is 1. The lowest BCUT2D eigenvalue weighted by Crippen LogP contribution is -2.27. The van der Waals surface area contributed by atoms with Gasteiger partial charge in [-0.15, -0.1) is 11.3 Å². The molecule has 1 amide bonds. The van der Waals surface area contributed by atoms with Crippen molar-refractivity contribution < 1.29 is 9.59 Å². The molecule has 6 nitrogen and oxygen atoms in total. The lowest BCUT2D eigenvalue weighted by atomic mass is 10.1. The highest BCUT2D eigenvalue weighted by Gasteiger charge is 2.11. The number of anilines is 1. The highest BCUT2D eigenvalue weighted by atomic mass is 32.1. The maximum absolute atomic E-state index is 12.5. The van der Waals surface area contributed by atoms with Crippen LogP contribution in [0.4, 0.5) is 5.69 Å². The number of nitrogens with zero attached hydrogens (tertiary/aromatic N) is 2. The fourth-order valence-corrected chi connectivity index (χ4v) is 3.37. The molecule has 25 heavy (non-hydrogen) atoms. The Kier molecular flexibility index (Phi) is 4.76. The third-order valence-corrected chi connectivity index (χ3v) is 4.99. The molecule has 1 aromatic carbocycles. The number of ketones is 1. The van der Waals surface area contributed by atoms with Gasteiger partial charge in [-0.3, -0.25) is 19.0 Å². The van der Waals surface area contributed by atoms with Crippen LogP contribution in [0.2, 0.25) is 0 Å². The zero-order valence-electron chi connectivity index (χ0n) is 13.9. The summed E-state index contributed by atoms with van der Waals surface area (Å²) in [5.74, 6) is -0.365. The molecule has 3 rings (SSSR count). The Labute approximate surface area is 148 Å². The monoisotopic (exact) mass is 355 g/mol. The summed E-state index contributed by atoms with van der Waals surface area (Å²) >= 11 is 1.49. The van der Waals surface area contributed by atoms with Crippen LogP contribution in [0.1, 0.15) is 29.1 Å². The molecule has 2 heterocycles. The highest BCUT2D eigenvalue weighted by Crippen LogP contribution is 2.21. The number of benzene rings is 1. The molecule has 0 saturated heterocycles. The number of carbonyl (C=O) groups is 2. The van der Waals surface area contributed by atoms with Crippen LogP contribution >= 0.6 is 11.3 Å². The minimum absolute atomic E-state index is 0.0361. The molecule has 0 aliphatic carbocycles. The maximum Gasteiger partial charge on any atom is 0.262 e. The van der Waals surface area contributed by atoms with E-state index >= 15 is 0 Å². The molecular weight excluding hydrogens is 338 g/mol. The van der Waals surface area contributed by atoms with Gasteiger partial charge in [0.05, 0.1) is 11.7 Å². The first-order valence-corrected chi connectivity index (χ1v) is 8.68. The Bertz CT molecular complexity index is 1000. The summed E-state index contributed by atoms with van der Waals surface area (Å²) in [7, 11) is 0. The molecule has 1 N–H and O–H groups in total.